The normalized spacial score (nSPS) is 30.2. The minimum atomic E-state index is 0.525. The molecule has 1 saturated carbocycles. The lowest BCUT2D eigenvalue weighted by Gasteiger charge is -2.40. The van der Waals surface area contributed by atoms with Gasteiger partial charge in [-0.3, -0.25) is 0 Å². The van der Waals surface area contributed by atoms with E-state index in [2.05, 4.69) is 43.6 Å². The number of alkyl halides is 1. The van der Waals surface area contributed by atoms with Gasteiger partial charge in [-0.1, -0.05) is 62.9 Å². The smallest absolute Gasteiger partial charge is 0.0122 e. The molecule has 3 unspecified atom stereocenters. The summed E-state index contributed by atoms with van der Waals surface area (Å²) in [4.78, 5) is 0.662. The average molecular weight is 275 g/mol. The first-order valence-electron chi connectivity index (χ1n) is 6.59. The standard InChI is InChI=1S/C14H27Br/c1-5-12-7-6-8-13(9-12)14(3,4)10-11(2)15/h11-13H,5-10H2,1-4H3. The van der Waals surface area contributed by atoms with Gasteiger partial charge in [-0.15, -0.1) is 0 Å². The Morgan fingerprint density at radius 3 is 2.53 bits per heavy atom. The summed E-state index contributed by atoms with van der Waals surface area (Å²) in [6.07, 6.45) is 8.58. The molecule has 0 saturated heterocycles. The molecule has 0 N–H and O–H groups in total. The molecule has 15 heavy (non-hydrogen) atoms. The first kappa shape index (κ1) is 13.5. The third kappa shape index (κ3) is 4.09. The molecule has 0 amide bonds. The van der Waals surface area contributed by atoms with Crippen LogP contribution in [0.5, 0.6) is 0 Å². The summed E-state index contributed by atoms with van der Waals surface area (Å²) in [5.74, 6) is 1.96. The van der Waals surface area contributed by atoms with Crippen molar-refractivity contribution in [2.45, 2.75) is 71.0 Å². The summed E-state index contributed by atoms with van der Waals surface area (Å²) < 4.78 is 0. The highest BCUT2D eigenvalue weighted by Crippen LogP contribution is 2.44. The molecular formula is C14H27Br. The van der Waals surface area contributed by atoms with Gasteiger partial charge in [0.15, 0.2) is 0 Å². The molecule has 1 aliphatic rings. The van der Waals surface area contributed by atoms with Crippen molar-refractivity contribution in [2.24, 2.45) is 17.3 Å². The topological polar surface area (TPSA) is 0 Å². The first-order chi connectivity index (χ1) is 6.95. The Hall–Kier alpha value is 0.480. The van der Waals surface area contributed by atoms with E-state index in [0.717, 1.165) is 11.8 Å². The zero-order valence-corrected chi connectivity index (χ0v) is 12.4. The highest BCUT2D eigenvalue weighted by Gasteiger charge is 2.33. The van der Waals surface area contributed by atoms with E-state index in [1.54, 1.807) is 0 Å². The van der Waals surface area contributed by atoms with Gasteiger partial charge >= 0.3 is 0 Å². The second-order valence-electron chi connectivity index (χ2n) is 6.11. The molecule has 1 heteroatoms. The minimum Gasteiger partial charge on any atom is -0.0893 e. The van der Waals surface area contributed by atoms with Crippen LogP contribution in [0.4, 0.5) is 0 Å². The van der Waals surface area contributed by atoms with Crippen LogP contribution in [-0.4, -0.2) is 4.83 Å². The van der Waals surface area contributed by atoms with E-state index in [9.17, 15) is 0 Å². The summed E-state index contributed by atoms with van der Waals surface area (Å²) in [5, 5.41) is 0. The molecule has 1 fully saturated rings. The van der Waals surface area contributed by atoms with E-state index in [4.69, 9.17) is 0 Å². The van der Waals surface area contributed by atoms with Gasteiger partial charge in [0.25, 0.3) is 0 Å². The second kappa shape index (κ2) is 5.70. The van der Waals surface area contributed by atoms with Crippen LogP contribution < -0.4 is 0 Å². The van der Waals surface area contributed by atoms with Gasteiger partial charge in [0.05, 0.1) is 0 Å². The van der Waals surface area contributed by atoms with E-state index in [0.29, 0.717) is 10.2 Å². The Morgan fingerprint density at radius 1 is 1.33 bits per heavy atom. The summed E-state index contributed by atoms with van der Waals surface area (Å²) in [5.41, 5.74) is 0.525. The molecule has 0 aromatic heterocycles. The van der Waals surface area contributed by atoms with Crippen molar-refractivity contribution < 1.29 is 0 Å². The van der Waals surface area contributed by atoms with Crippen molar-refractivity contribution in [3.8, 4) is 0 Å². The maximum absolute atomic E-state index is 3.71. The summed E-state index contributed by atoms with van der Waals surface area (Å²) in [7, 11) is 0. The molecule has 0 spiro atoms. The molecule has 1 aliphatic carbocycles. The van der Waals surface area contributed by atoms with Crippen LogP contribution in [0, 0.1) is 17.3 Å². The predicted molar refractivity (Wildman–Crippen MR) is 72.5 cm³/mol. The van der Waals surface area contributed by atoms with Gasteiger partial charge in [-0.2, -0.15) is 0 Å². The van der Waals surface area contributed by atoms with Crippen LogP contribution in [0.1, 0.15) is 66.2 Å². The molecule has 3 atom stereocenters. The van der Waals surface area contributed by atoms with E-state index in [1.807, 2.05) is 0 Å². The largest absolute Gasteiger partial charge is 0.0893 e. The Morgan fingerprint density at radius 2 is 2.00 bits per heavy atom. The third-order valence-electron chi connectivity index (χ3n) is 4.27. The molecule has 0 bridgehead atoms. The minimum absolute atomic E-state index is 0.525. The van der Waals surface area contributed by atoms with Gasteiger partial charge in [-0.25, -0.2) is 0 Å². The Labute approximate surface area is 104 Å². The van der Waals surface area contributed by atoms with Gasteiger partial charge in [0.1, 0.15) is 0 Å². The quantitative estimate of drug-likeness (QED) is 0.602. The molecule has 0 aromatic carbocycles. The molecule has 0 radical (unpaired) electrons. The van der Waals surface area contributed by atoms with E-state index in [1.165, 1.54) is 38.5 Å². The maximum Gasteiger partial charge on any atom is 0.0122 e. The monoisotopic (exact) mass is 274 g/mol. The zero-order valence-electron chi connectivity index (χ0n) is 10.9. The average Bonchev–Trinajstić information content (AvgIpc) is 2.16. The van der Waals surface area contributed by atoms with Crippen molar-refractivity contribution in [2.75, 3.05) is 0 Å². The van der Waals surface area contributed by atoms with Crippen molar-refractivity contribution >= 4 is 15.9 Å². The fourth-order valence-electron chi connectivity index (χ4n) is 3.26. The molecule has 0 nitrogen and oxygen atoms in total. The Balaban J connectivity index is 2.53. The predicted octanol–water partition coefficient (Wildman–Crippen LogP) is 5.40. The molecule has 0 heterocycles. The number of hydrogen-bond donors (Lipinski definition) is 0. The molecular weight excluding hydrogens is 248 g/mol. The number of halogens is 1. The zero-order chi connectivity index (χ0) is 11.5. The van der Waals surface area contributed by atoms with Crippen LogP contribution in [0.2, 0.25) is 0 Å². The summed E-state index contributed by atoms with van der Waals surface area (Å²) in [6.45, 7) is 9.57. The lowest BCUT2D eigenvalue weighted by molar-refractivity contribution is 0.115. The summed E-state index contributed by atoms with van der Waals surface area (Å²) >= 11 is 3.71. The fourth-order valence-corrected chi connectivity index (χ4v) is 4.10. The van der Waals surface area contributed by atoms with Crippen molar-refractivity contribution in [1.82, 2.24) is 0 Å². The number of hydrogen-bond acceptors (Lipinski definition) is 0. The van der Waals surface area contributed by atoms with Crippen LogP contribution in [0.15, 0.2) is 0 Å². The fraction of sp³-hybridized carbons (Fsp3) is 1.00. The highest BCUT2D eigenvalue weighted by atomic mass is 79.9. The second-order valence-corrected chi connectivity index (χ2v) is 7.67. The highest BCUT2D eigenvalue weighted by molar-refractivity contribution is 9.09. The summed E-state index contributed by atoms with van der Waals surface area (Å²) in [6, 6.07) is 0. The van der Waals surface area contributed by atoms with Crippen molar-refractivity contribution in [3.63, 3.8) is 0 Å². The van der Waals surface area contributed by atoms with E-state index >= 15 is 0 Å². The Bertz CT molecular complexity index is 184. The van der Waals surface area contributed by atoms with Crippen molar-refractivity contribution in [3.05, 3.63) is 0 Å². The Kier molecular flexibility index (Phi) is 5.15. The van der Waals surface area contributed by atoms with Crippen LogP contribution >= 0.6 is 15.9 Å². The lowest BCUT2D eigenvalue weighted by Crippen LogP contribution is -2.30. The number of rotatable bonds is 4. The van der Waals surface area contributed by atoms with Crippen molar-refractivity contribution in [1.29, 1.82) is 0 Å². The molecule has 90 valence electrons. The first-order valence-corrected chi connectivity index (χ1v) is 7.51. The van der Waals surface area contributed by atoms with Crippen LogP contribution in [-0.2, 0) is 0 Å². The van der Waals surface area contributed by atoms with Gasteiger partial charge in [-0.05, 0) is 36.5 Å². The SMILES string of the molecule is CCC1CCCC(C(C)(C)CC(C)Br)C1. The molecule has 0 aliphatic heterocycles. The lowest BCUT2D eigenvalue weighted by atomic mass is 9.66. The van der Waals surface area contributed by atoms with Crippen LogP contribution in [0.3, 0.4) is 0 Å². The van der Waals surface area contributed by atoms with E-state index in [-0.39, 0.29) is 0 Å². The van der Waals surface area contributed by atoms with Gasteiger partial charge in [0.2, 0.25) is 0 Å². The van der Waals surface area contributed by atoms with Gasteiger partial charge in [0, 0.05) is 4.83 Å². The van der Waals surface area contributed by atoms with Crippen LogP contribution in [0.25, 0.3) is 0 Å². The third-order valence-corrected chi connectivity index (χ3v) is 4.60. The van der Waals surface area contributed by atoms with E-state index < -0.39 is 0 Å². The molecule has 0 aromatic rings. The maximum atomic E-state index is 3.71. The van der Waals surface area contributed by atoms with Gasteiger partial charge < -0.3 is 0 Å². The molecule has 1 rings (SSSR count).